The highest BCUT2D eigenvalue weighted by atomic mass is 32.2. The van der Waals surface area contributed by atoms with Gasteiger partial charge in [0.05, 0.1) is 0 Å². The zero-order valence-corrected chi connectivity index (χ0v) is 15.9. The Labute approximate surface area is 137 Å². The fraction of sp³-hybridized carbons (Fsp3) is 0.800. The second-order valence-corrected chi connectivity index (χ2v) is 9.46. The molecule has 1 aliphatic rings. The van der Waals surface area contributed by atoms with Crippen LogP contribution in [0.4, 0.5) is 0 Å². The van der Waals surface area contributed by atoms with Crippen molar-refractivity contribution < 1.29 is 0 Å². The van der Waals surface area contributed by atoms with Gasteiger partial charge in [-0.2, -0.15) is 0 Å². The second kappa shape index (κ2) is 8.46. The van der Waals surface area contributed by atoms with E-state index in [1.807, 2.05) is 17.8 Å². The summed E-state index contributed by atoms with van der Waals surface area (Å²) in [5.74, 6) is 4.40. The Hall–Kier alpha value is -0.170. The molecule has 122 valence electrons. The molecule has 1 rings (SSSR count). The van der Waals surface area contributed by atoms with Crippen LogP contribution in [-0.4, -0.2) is 11.0 Å². The predicted molar refractivity (Wildman–Crippen MR) is 99.9 cm³/mol. The van der Waals surface area contributed by atoms with Crippen molar-refractivity contribution in [2.75, 3.05) is 5.75 Å². The van der Waals surface area contributed by atoms with Crippen LogP contribution in [0.3, 0.4) is 0 Å². The van der Waals surface area contributed by atoms with Gasteiger partial charge in [-0.3, -0.25) is 0 Å². The van der Waals surface area contributed by atoms with Crippen molar-refractivity contribution in [1.29, 1.82) is 0 Å². The van der Waals surface area contributed by atoms with Crippen LogP contribution in [0.25, 0.3) is 0 Å². The minimum atomic E-state index is 0.317. The molecule has 1 aliphatic carbocycles. The van der Waals surface area contributed by atoms with Gasteiger partial charge in [0.15, 0.2) is 0 Å². The van der Waals surface area contributed by atoms with Crippen molar-refractivity contribution in [1.82, 2.24) is 0 Å². The Morgan fingerprint density at radius 3 is 2.43 bits per heavy atom. The summed E-state index contributed by atoms with van der Waals surface area (Å²) in [7, 11) is 0. The van der Waals surface area contributed by atoms with Crippen molar-refractivity contribution in [2.45, 2.75) is 66.1 Å². The molecule has 4 atom stereocenters. The normalized spacial score (nSPS) is 29.0. The molecular formula is C20H36S. The molecule has 0 amide bonds. The highest BCUT2D eigenvalue weighted by Crippen LogP contribution is 2.40. The van der Waals surface area contributed by atoms with Crippen molar-refractivity contribution >= 4 is 11.8 Å². The molecule has 0 nitrogen and oxygen atoms in total. The van der Waals surface area contributed by atoms with Crippen molar-refractivity contribution in [3.05, 3.63) is 24.8 Å². The SMILES string of the molecule is C=CCS[C@@H](/C=C/[C@@H]1C[C@H](C)CC[C@H]1C(C)C)C(C)(C)C. The standard InChI is InChI=1S/C20H36S/c1-8-13-21-19(20(5,6)7)12-10-17-14-16(4)9-11-18(17)15(2)3/h8,10,12,15-19H,1,9,11,13-14H2,2-7H3/b12-10+/t16-,17-,18+,19+/m1/s1. The maximum absolute atomic E-state index is 3.86. The summed E-state index contributed by atoms with van der Waals surface area (Å²) < 4.78 is 0. The third-order valence-electron chi connectivity index (χ3n) is 4.85. The molecular weight excluding hydrogens is 272 g/mol. The second-order valence-electron chi connectivity index (χ2n) is 8.28. The van der Waals surface area contributed by atoms with E-state index in [1.165, 1.54) is 19.3 Å². The summed E-state index contributed by atoms with van der Waals surface area (Å²) in [6.45, 7) is 18.1. The molecule has 1 heteroatoms. The lowest BCUT2D eigenvalue weighted by Crippen LogP contribution is -2.27. The number of thioether (sulfide) groups is 1. The molecule has 0 aromatic rings. The van der Waals surface area contributed by atoms with E-state index in [2.05, 4.69) is 60.3 Å². The molecule has 0 radical (unpaired) electrons. The van der Waals surface area contributed by atoms with Crippen LogP contribution >= 0.6 is 11.8 Å². The van der Waals surface area contributed by atoms with Gasteiger partial charge in [0.25, 0.3) is 0 Å². The van der Waals surface area contributed by atoms with Gasteiger partial charge in [-0.05, 0) is 41.9 Å². The number of allylic oxidation sites excluding steroid dienone is 1. The average molecular weight is 309 g/mol. The lowest BCUT2D eigenvalue weighted by molar-refractivity contribution is 0.178. The Kier molecular flexibility index (Phi) is 7.60. The van der Waals surface area contributed by atoms with E-state index in [9.17, 15) is 0 Å². The maximum atomic E-state index is 3.86. The minimum Gasteiger partial charge on any atom is -0.150 e. The number of rotatable bonds is 6. The van der Waals surface area contributed by atoms with Gasteiger partial charge in [0, 0.05) is 11.0 Å². The van der Waals surface area contributed by atoms with E-state index in [4.69, 9.17) is 0 Å². The van der Waals surface area contributed by atoms with Gasteiger partial charge in [-0.1, -0.05) is 66.2 Å². The number of hydrogen-bond acceptors (Lipinski definition) is 1. The number of hydrogen-bond donors (Lipinski definition) is 0. The first-order valence-electron chi connectivity index (χ1n) is 8.66. The van der Waals surface area contributed by atoms with E-state index >= 15 is 0 Å². The molecule has 0 N–H and O–H groups in total. The van der Waals surface area contributed by atoms with Crippen LogP contribution in [0, 0.1) is 29.1 Å². The first-order chi connectivity index (χ1) is 9.75. The minimum absolute atomic E-state index is 0.317. The van der Waals surface area contributed by atoms with Crippen LogP contribution in [0.1, 0.15) is 60.8 Å². The fourth-order valence-electron chi connectivity index (χ4n) is 3.51. The first-order valence-corrected chi connectivity index (χ1v) is 9.71. The summed E-state index contributed by atoms with van der Waals surface area (Å²) in [6.07, 6.45) is 11.3. The largest absolute Gasteiger partial charge is 0.150 e. The van der Waals surface area contributed by atoms with E-state index < -0.39 is 0 Å². The molecule has 1 saturated carbocycles. The van der Waals surface area contributed by atoms with E-state index in [1.54, 1.807) is 0 Å². The van der Waals surface area contributed by atoms with Crippen LogP contribution in [0.5, 0.6) is 0 Å². The van der Waals surface area contributed by atoms with Crippen LogP contribution in [-0.2, 0) is 0 Å². The summed E-state index contributed by atoms with van der Waals surface area (Å²) >= 11 is 2.02. The molecule has 0 heterocycles. The van der Waals surface area contributed by atoms with Crippen LogP contribution in [0.15, 0.2) is 24.8 Å². The van der Waals surface area contributed by atoms with Gasteiger partial charge in [0.2, 0.25) is 0 Å². The zero-order valence-electron chi connectivity index (χ0n) is 15.1. The van der Waals surface area contributed by atoms with E-state index in [-0.39, 0.29) is 0 Å². The molecule has 0 aromatic heterocycles. The quantitative estimate of drug-likeness (QED) is 0.499. The summed E-state index contributed by atoms with van der Waals surface area (Å²) in [4.78, 5) is 0. The third-order valence-corrected chi connectivity index (χ3v) is 6.51. The third kappa shape index (κ3) is 6.22. The topological polar surface area (TPSA) is 0 Å². The summed E-state index contributed by atoms with van der Waals surface area (Å²) in [5, 5.41) is 0.584. The smallest absolute Gasteiger partial charge is 0.0278 e. The average Bonchev–Trinajstić information content (AvgIpc) is 2.36. The van der Waals surface area contributed by atoms with Gasteiger partial charge >= 0.3 is 0 Å². The summed E-state index contributed by atoms with van der Waals surface area (Å²) in [5.41, 5.74) is 0.317. The van der Waals surface area contributed by atoms with Crippen molar-refractivity contribution in [3.8, 4) is 0 Å². The molecule has 0 saturated heterocycles. The Balaban J connectivity index is 2.78. The first kappa shape index (κ1) is 18.9. The monoisotopic (exact) mass is 308 g/mol. The highest BCUT2D eigenvalue weighted by molar-refractivity contribution is 8.00. The highest BCUT2D eigenvalue weighted by Gasteiger charge is 2.30. The van der Waals surface area contributed by atoms with E-state index in [0.29, 0.717) is 10.7 Å². The van der Waals surface area contributed by atoms with E-state index in [0.717, 1.165) is 29.4 Å². The summed E-state index contributed by atoms with van der Waals surface area (Å²) in [6, 6.07) is 0. The fourth-order valence-corrected chi connectivity index (χ4v) is 4.55. The van der Waals surface area contributed by atoms with Gasteiger partial charge in [-0.25, -0.2) is 0 Å². The van der Waals surface area contributed by atoms with Gasteiger partial charge < -0.3 is 0 Å². The van der Waals surface area contributed by atoms with Crippen molar-refractivity contribution in [2.24, 2.45) is 29.1 Å². The molecule has 21 heavy (non-hydrogen) atoms. The van der Waals surface area contributed by atoms with Crippen LogP contribution in [0.2, 0.25) is 0 Å². The molecule has 0 aliphatic heterocycles. The molecule has 0 aromatic carbocycles. The Morgan fingerprint density at radius 2 is 1.90 bits per heavy atom. The van der Waals surface area contributed by atoms with Crippen LogP contribution < -0.4 is 0 Å². The van der Waals surface area contributed by atoms with Gasteiger partial charge in [0.1, 0.15) is 0 Å². The zero-order chi connectivity index (χ0) is 16.0. The lowest BCUT2D eigenvalue weighted by Gasteiger charge is -2.36. The Bertz CT molecular complexity index is 334. The molecule has 0 unspecified atom stereocenters. The van der Waals surface area contributed by atoms with Crippen molar-refractivity contribution in [3.63, 3.8) is 0 Å². The predicted octanol–water partition coefficient (Wildman–Crippen LogP) is 6.58. The molecule has 0 bridgehead atoms. The van der Waals surface area contributed by atoms with Gasteiger partial charge in [-0.15, -0.1) is 18.3 Å². The molecule has 0 spiro atoms. The lowest BCUT2D eigenvalue weighted by atomic mass is 9.70. The maximum Gasteiger partial charge on any atom is 0.0278 e. The Morgan fingerprint density at radius 1 is 1.24 bits per heavy atom. The molecule has 1 fully saturated rings.